The molecule has 0 radical (unpaired) electrons. The Morgan fingerprint density at radius 2 is 2.29 bits per heavy atom. The highest BCUT2D eigenvalue weighted by atomic mass is 16.4. The van der Waals surface area contributed by atoms with Crippen LogP contribution in [0.2, 0.25) is 0 Å². The average Bonchev–Trinajstić information content (AvgIpc) is 2.58. The molecule has 0 aliphatic carbocycles. The van der Waals surface area contributed by atoms with E-state index in [-0.39, 0.29) is 11.4 Å². The van der Waals surface area contributed by atoms with Crippen LogP contribution in [0.5, 0.6) is 0 Å². The van der Waals surface area contributed by atoms with E-state index in [2.05, 4.69) is 4.98 Å². The Labute approximate surface area is 79.6 Å². The van der Waals surface area contributed by atoms with Crippen molar-refractivity contribution >= 4 is 5.97 Å². The van der Waals surface area contributed by atoms with Gasteiger partial charge in [-0.3, -0.25) is 0 Å². The summed E-state index contributed by atoms with van der Waals surface area (Å²) in [6.07, 6.45) is 1.18. The highest BCUT2D eigenvalue weighted by Crippen LogP contribution is 2.12. The second-order valence-corrected chi connectivity index (χ2v) is 2.59. The molecule has 0 fully saturated rings. The lowest BCUT2D eigenvalue weighted by atomic mass is 10.3. The van der Waals surface area contributed by atoms with Gasteiger partial charge in [0.1, 0.15) is 18.2 Å². The second-order valence-electron chi connectivity index (χ2n) is 2.59. The third kappa shape index (κ3) is 1.41. The molecular weight excluding hydrogens is 184 g/mol. The molecule has 0 saturated heterocycles. The molecule has 1 aromatic rings. The van der Waals surface area contributed by atoms with Crippen LogP contribution in [0.4, 0.5) is 0 Å². The Balaban J connectivity index is 3.25. The lowest BCUT2D eigenvalue weighted by Gasteiger charge is -2.07. The standard InChI is InChI=1S/C8H6N4O2/c1-5(8(13)14)12-4-11-6(2-9)7(12)3-10/h4-5H,1H3,(H,13,14)/t5-/m0/s1. The van der Waals surface area contributed by atoms with Gasteiger partial charge in [-0.15, -0.1) is 0 Å². The molecule has 14 heavy (non-hydrogen) atoms. The van der Waals surface area contributed by atoms with E-state index in [9.17, 15) is 4.79 Å². The van der Waals surface area contributed by atoms with Crippen molar-refractivity contribution in [2.75, 3.05) is 0 Å². The summed E-state index contributed by atoms with van der Waals surface area (Å²) >= 11 is 0. The molecule has 0 spiro atoms. The zero-order valence-electron chi connectivity index (χ0n) is 7.30. The Morgan fingerprint density at radius 3 is 2.71 bits per heavy atom. The molecule has 70 valence electrons. The van der Waals surface area contributed by atoms with Crippen molar-refractivity contribution in [3.8, 4) is 12.1 Å². The van der Waals surface area contributed by atoms with E-state index in [0.717, 1.165) is 4.57 Å². The second kappa shape index (κ2) is 3.58. The molecule has 0 amide bonds. The molecule has 1 N–H and O–H groups in total. The highest BCUT2D eigenvalue weighted by molar-refractivity contribution is 5.71. The summed E-state index contributed by atoms with van der Waals surface area (Å²) in [6.45, 7) is 1.41. The maximum absolute atomic E-state index is 10.6. The molecule has 0 aliphatic rings. The lowest BCUT2D eigenvalue weighted by molar-refractivity contribution is -0.140. The number of hydrogen-bond donors (Lipinski definition) is 1. The van der Waals surface area contributed by atoms with E-state index in [1.54, 1.807) is 12.1 Å². The molecule has 1 heterocycles. The first-order chi connectivity index (χ1) is 6.61. The maximum Gasteiger partial charge on any atom is 0.326 e. The minimum atomic E-state index is -1.08. The van der Waals surface area contributed by atoms with Crippen molar-refractivity contribution in [2.45, 2.75) is 13.0 Å². The average molecular weight is 190 g/mol. The fourth-order valence-corrected chi connectivity index (χ4v) is 0.966. The van der Waals surface area contributed by atoms with Gasteiger partial charge in [-0.05, 0) is 6.92 Å². The summed E-state index contributed by atoms with van der Waals surface area (Å²) in [7, 11) is 0. The van der Waals surface area contributed by atoms with Gasteiger partial charge in [0.25, 0.3) is 0 Å². The van der Waals surface area contributed by atoms with Crippen molar-refractivity contribution in [1.82, 2.24) is 9.55 Å². The molecule has 0 saturated carbocycles. The molecule has 6 heteroatoms. The first-order valence-corrected chi connectivity index (χ1v) is 3.71. The largest absolute Gasteiger partial charge is 0.480 e. The maximum atomic E-state index is 10.6. The molecule has 0 bridgehead atoms. The Kier molecular flexibility index (Phi) is 2.49. The minimum Gasteiger partial charge on any atom is -0.480 e. The third-order valence-electron chi connectivity index (χ3n) is 1.78. The van der Waals surface area contributed by atoms with Crippen LogP contribution in [0, 0.1) is 22.7 Å². The van der Waals surface area contributed by atoms with E-state index in [0.29, 0.717) is 0 Å². The first-order valence-electron chi connectivity index (χ1n) is 3.71. The zero-order chi connectivity index (χ0) is 10.7. The van der Waals surface area contributed by atoms with Gasteiger partial charge in [0.05, 0.1) is 6.33 Å². The number of carboxylic acid groups (broad SMARTS) is 1. The van der Waals surface area contributed by atoms with E-state index >= 15 is 0 Å². The van der Waals surface area contributed by atoms with Gasteiger partial charge < -0.3 is 9.67 Å². The molecule has 6 nitrogen and oxygen atoms in total. The minimum absolute atomic E-state index is 0.0256. The van der Waals surface area contributed by atoms with Gasteiger partial charge in [-0.1, -0.05) is 0 Å². The molecule has 1 rings (SSSR count). The molecule has 1 atom stereocenters. The van der Waals surface area contributed by atoms with Crippen molar-refractivity contribution in [3.63, 3.8) is 0 Å². The van der Waals surface area contributed by atoms with Crippen molar-refractivity contribution in [2.24, 2.45) is 0 Å². The van der Waals surface area contributed by atoms with E-state index in [1.165, 1.54) is 13.3 Å². The topological polar surface area (TPSA) is 103 Å². The van der Waals surface area contributed by atoms with Crippen molar-refractivity contribution in [3.05, 3.63) is 17.7 Å². The summed E-state index contributed by atoms with van der Waals surface area (Å²) in [5.41, 5.74) is -0.0806. The molecular formula is C8H6N4O2. The smallest absolute Gasteiger partial charge is 0.326 e. The Hall–Kier alpha value is -2.34. The van der Waals surface area contributed by atoms with Crippen LogP contribution in [0.25, 0.3) is 0 Å². The first kappa shape index (κ1) is 9.75. The van der Waals surface area contributed by atoms with Gasteiger partial charge in [0.2, 0.25) is 0 Å². The number of rotatable bonds is 2. The summed E-state index contributed by atoms with van der Waals surface area (Å²) in [4.78, 5) is 14.2. The normalized spacial score (nSPS) is 11.4. The number of imidazole rings is 1. The highest BCUT2D eigenvalue weighted by Gasteiger charge is 2.19. The van der Waals surface area contributed by atoms with E-state index in [4.69, 9.17) is 15.6 Å². The number of hydrogen-bond acceptors (Lipinski definition) is 4. The number of nitrogens with zero attached hydrogens (tertiary/aromatic N) is 4. The fourth-order valence-electron chi connectivity index (χ4n) is 0.966. The Morgan fingerprint density at radius 1 is 1.64 bits per heavy atom. The number of carboxylic acids is 1. The SMILES string of the molecule is C[C@@H](C(=O)O)n1cnc(C#N)c1C#N. The van der Waals surface area contributed by atoms with Gasteiger partial charge >= 0.3 is 5.97 Å². The third-order valence-corrected chi connectivity index (χ3v) is 1.78. The van der Waals surface area contributed by atoms with Crippen molar-refractivity contribution in [1.29, 1.82) is 10.5 Å². The predicted molar refractivity (Wildman–Crippen MR) is 44.0 cm³/mol. The molecule has 0 aromatic carbocycles. The van der Waals surface area contributed by atoms with Crippen LogP contribution in [-0.4, -0.2) is 20.6 Å². The zero-order valence-corrected chi connectivity index (χ0v) is 7.30. The van der Waals surface area contributed by atoms with Gasteiger partial charge in [-0.25, -0.2) is 9.78 Å². The summed E-state index contributed by atoms with van der Waals surface area (Å²) < 4.78 is 1.15. The van der Waals surface area contributed by atoms with Gasteiger partial charge in [-0.2, -0.15) is 10.5 Å². The van der Waals surface area contributed by atoms with E-state index < -0.39 is 12.0 Å². The van der Waals surface area contributed by atoms with Crippen LogP contribution < -0.4 is 0 Å². The predicted octanol–water partition coefficient (Wildman–Crippen LogP) is 0.272. The lowest BCUT2D eigenvalue weighted by Crippen LogP contribution is -2.16. The summed E-state index contributed by atoms with van der Waals surface area (Å²) in [5, 5.41) is 26.0. The van der Waals surface area contributed by atoms with Crippen molar-refractivity contribution < 1.29 is 9.90 Å². The van der Waals surface area contributed by atoms with Crippen LogP contribution in [0.15, 0.2) is 6.33 Å². The summed E-state index contributed by atoms with van der Waals surface area (Å²) in [5.74, 6) is -1.08. The van der Waals surface area contributed by atoms with E-state index in [1.807, 2.05) is 0 Å². The number of aliphatic carboxylic acids is 1. The number of carbonyl (C=O) groups is 1. The Bertz CT molecular complexity index is 449. The summed E-state index contributed by atoms with van der Waals surface area (Å²) in [6, 6.07) is 2.56. The number of aromatic nitrogens is 2. The van der Waals surface area contributed by atoms with Crippen LogP contribution in [0.3, 0.4) is 0 Å². The van der Waals surface area contributed by atoms with Crippen LogP contribution in [0.1, 0.15) is 24.4 Å². The molecule has 0 unspecified atom stereocenters. The van der Waals surface area contributed by atoms with Gasteiger partial charge in [0, 0.05) is 0 Å². The fraction of sp³-hybridized carbons (Fsp3) is 0.250. The number of nitriles is 2. The van der Waals surface area contributed by atoms with Crippen LogP contribution in [-0.2, 0) is 4.79 Å². The van der Waals surface area contributed by atoms with Gasteiger partial charge in [0.15, 0.2) is 11.4 Å². The molecule has 0 aliphatic heterocycles. The monoisotopic (exact) mass is 190 g/mol. The van der Waals surface area contributed by atoms with Crippen LogP contribution >= 0.6 is 0 Å². The molecule has 1 aromatic heterocycles. The quantitative estimate of drug-likeness (QED) is 0.720.